The normalized spacial score (nSPS) is 19.5. The summed E-state index contributed by atoms with van der Waals surface area (Å²) in [6, 6.07) is 17.7. The van der Waals surface area contributed by atoms with Crippen molar-refractivity contribution in [2.24, 2.45) is 0 Å². The van der Waals surface area contributed by atoms with Gasteiger partial charge in [0.25, 0.3) is 0 Å². The van der Waals surface area contributed by atoms with Crippen LogP contribution in [-0.4, -0.2) is 20.0 Å². The zero-order valence-electron chi connectivity index (χ0n) is 15.5. The van der Waals surface area contributed by atoms with Gasteiger partial charge in [0, 0.05) is 4.90 Å². The van der Waals surface area contributed by atoms with Gasteiger partial charge in [-0.2, -0.15) is 0 Å². The van der Waals surface area contributed by atoms with Gasteiger partial charge in [-0.15, -0.1) is 0 Å². The van der Waals surface area contributed by atoms with E-state index in [0.29, 0.717) is 17.7 Å². The second-order valence-electron chi connectivity index (χ2n) is 7.19. The average Bonchev–Trinajstić information content (AvgIpc) is 2.84. The third kappa shape index (κ3) is 3.51. The number of carbonyl (C=O) groups is 1. The Morgan fingerprint density at radius 3 is 2.00 bits per heavy atom. The van der Waals surface area contributed by atoms with Crippen molar-refractivity contribution >= 4 is 27.6 Å². The minimum atomic E-state index is -3.96. The van der Waals surface area contributed by atoms with Crippen molar-refractivity contribution in [3.63, 3.8) is 0 Å². The minimum Gasteiger partial charge on any atom is -0.449 e. The summed E-state index contributed by atoms with van der Waals surface area (Å²) < 4.78 is 32.6. The number of carbonyl (C=O) groups excluding carboxylic acids is 1. The molecule has 0 unspecified atom stereocenters. The number of esters is 1. The summed E-state index contributed by atoms with van der Waals surface area (Å²) in [5.41, 5.74) is -0.828. The second-order valence-corrected chi connectivity index (χ2v) is 10.2. The maximum absolute atomic E-state index is 13.4. The number of sulfone groups is 1. The Morgan fingerprint density at radius 2 is 1.39 bits per heavy atom. The van der Waals surface area contributed by atoms with Crippen LogP contribution in [0.1, 0.15) is 38.5 Å². The molecule has 0 N–H and O–H groups in total. The number of hydrogen-bond donors (Lipinski definition) is 0. The first-order valence-corrected chi connectivity index (χ1v) is 11.8. The first kappa shape index (κ1) is 19.3. The molecule has 4 nitrogen and oxygen atoms in total. The summed E-state index contributed by atoms with van der Waals surface area (Å²) in [6.45, 7) is 0. The third-order valence-electron chi connectivity index (χ3n) is 5.29. The van der Waals surface area contributed by atoms with Gasteiger partial charge in [-0.25, -0.2) is 13.2 Å². The Balaban J connectivity index is 1.89. The van der Waals surface area contributed by atoms with Crippen LogP contribution in [0.25, 0.3) is 0 Å². The van der Waals surface area contributed by atoms with E-state index in [1.807, 2.05) is 30.3 Å². The van der Waals surface area contributed by atoms with Gasteiger partial charge >= 0.3 is 5.97 Å². The molecular formula is C22H22O4S2. The van der Waals surface area contributed by atoms with Gasteiger partial charge in [0.1, 0.15) is 5.60 Å². The van der Waals surface area contributed by atoms with Gasteiger partial charge in [0.2, 0.25) is 9.84 Å². The van der Waals surface area contributed by atoms with Crippen molar-refractivity contribution < 1.29 is 17.9 Å². The van der Waals surface area contributed by atoms with Crippen LogP contribution in [0, 0.1) is 0 Å². The molecule has 6 heteroatoms. The molecule has 1 heterocycles. The number of thioether (sulfide) groups is 1. The second kappa shape index (κ2) is 7.76. The molecule has 2 aromatic carbocycles. The molecule has 4 rings (SSSR count). The van der Waals surface area contributed by atoms with E-state index in [1.54, 1.807) is 18.2 Å². The Bertz CT molecular complexity index is 987. The molecule has 0 atom stereocenters. The highest BCUT2D eigenvalue weighted by atomic mass is 32.2. The van der Waals surface area contributed by atoms with Crippen molar-refractivity contribution in [2.45, 2.75) is 53.9 Å². The predicted octanol–water partition coefficient (Wildman–Crippen LogP) is 5.11. The fourth-order valence-corrected chi connectivity index (χ4v) is 6.93. The molecule has 1 aliphatic carbocycles. The Labute approximate surface area is 169 Å². The quantitative estimate of drug-likeness (QED) is 0.650. The minimum absolute atomic E-state index is 0.124. The first-order chi connectivity index (χ1) is 13.5. The third-order valence-corrected chi connectivity index (χ3v) is 8.51. The van der Waals surface area contributed by atoms with Crippen LogP contribution in [0.2, 0.25) is 0 Å². The van der Waals surface area contributed by atoms with Crippen LogP contribution in [0.4, 0.5) is 0 Å². The monoisotopic (exact) mass is 414 g/mol. The molecule has 1 saturated carbocycles. The van der Waals surface area contributed by atoms with E-state index >= 15 is 0 Å². The topological polar surface area (TPSA) is 60.4 Å². The number of benzene rings is 2. The Kier molecular flexibility index (Phi) is 5.34. The highest BCUT2D eigenvalue weighted by Crippen LogP contribution is 2.51. The summed E-state index contributed by atoms with van der Waals surface area (Å²) in [4.78, 5) is 14.3. The molecule has 28 heavy (non-hydrogen) atoms. The van der Waals surface area contributed by atoms with E-state index in [0.717, 1.165) is 30.6 Å². The maximum atomic E-state index is 13.4. The van der Waals surface area contributed by atoms with Gasteiger partial charge in [0.05, 0.1) is 9.80 Å². The molecule has 2 aromatic rings. The standard InChI is InChI=1S/C22H22O4S2/c23-21-19(28(24,25)18-13-7-4-8-14-18)20(27-17-11-5-3-6-12-17)22(26-21)15-9-1-2-10-16-22/h3-8,11-14H,1-2,9-10,15-16H2. The lowest BCUT2D eigenvalue weighted by Crippen LogP contribution is -2.30. The zero-order chi connectivity index (χ0) is 19.6. The molecule has 0 radical (unpaired) electrons. The Morgan fingerprint density at radius 1 is 0.821 bits per heavy atom. The first-order valence-electron chi connectivity index (χ1n) is 9.54. The molecule has 1 aliphatic heterocycles. The summed E-state index contributed by atoms with van der Waals surface area (Å²) in [7, 11) is -3.96. The van der Waals surface area contributed by atoms with Crippen molar-refractivity contribution in [1.29, 1.82) is 0 Å². The van der Waals surface area contributed by atoms with Gasteiger partial charge < -0.3 is 4.74 Å². The van der Waals surface area contributed by atoms with E-state index in [4.69, 9.17) is 4.74 Å². The van der Waals surface area contributed by atoms with Crippen LogP contribution in [-0.2, 0) is 19.4 Å². The number of hydrogen-bond acceptors (Lipinski definition) is 5. The summed E-state index contributed by atoms with van der Waals surface area (Å²) in [5.74, 6) is -0.718. The highest BCUT2D eigenvalue weighted by molar-refractivity contribution is 8.05. The fraction of sp³-hybridized carbons (Fsp3) is 0.318. The predicted molar refractivity (Wildman–Crippen MR) is 109 cm³/mol. The van der Waals surface area contributed by atoms with Crippen molar-refractivity contribution in [2.75, 3.05) is 0 Å². The van der Waals surface area contributed by atoms with Crippen LogP contribution >= 0.6 is 11.8 Å². The van der Waals surface area contributed by atoms with Crippen LogP contribution in [0.5, 0.6) is 0 Å². The van der Waals surface area contributed by atoms with E-state index in [9.17, 15) is 13.2 Å². The van der Waals surface area contributed by atoms with E-state index in [-0.39, 0.29) is 9.80 Å². The van der Waals surface area contributed by atoms with Crippen LogP contribution in [0.3, 0.4) is 0 Å². The molecule has 1 fully saturated rings. The van der Waals surface area contributed by atoms with Gasteiger partial charge in [0.15, 0.2) is 4.91 Å². The molecule has 146 valence electrons. The summed E-state index contributed by atoms with van der Waals surface area (Å²) in [6.07, 6.45) is 5.33. The lowest BCUT2D eigenvalue weighted by Gasteiger charge is -2.29. The number of ether oxygens (including phenoxy) is 1. The molecular weight excluding hydrogens is 392 g/mol. The summed E-state index contributed by atoms with van der Waals surface area (Å²) >= 11 is 1.35. The molecule has 0 aromatic heterocycles. The lowest BCUT2D eigenvalue weighted by molar-refractivity contribution is -0.146. The Hall–Kier alpha value is -2.05. The molecule has 0 saturated heterocycles. The van der Waals surface area contributed by atoms with Gasteiger partial charge in [-0.05, 0) is 49.9 Å². The maximum Gasteiger partial charge on any atom is 0.352 e. The largest absolute Gasteiger partial charge is 0.449 e. The lowest BCUT2D eigenvalue weighted by atomic mass is 9.94. The highest BCUT2D eigenvalue weighted by Gasteiger charge is 2.52. The van der Waals surface area contributed by atoms with Crippen LogP contribution in [0.15, 0.2) is 80.3 Å². The molecule has 0 amide bonds. The van der Waals surface area contributed by atoms with Gasteiger partial charge in [-0.3, -0.25) is 0 Å². The SMILES string of the molecule is O=C1OC2(CCCCCC2)C(Sc2ccccc2)=C1S(=O)(=O)c1ccccc1. The van der Waals surface area contributed by atoms with Crippen molar-refractivity contribution in [3.05, 3.63) is 70.5 Å². The van der Waals surface area contributed by atoms with E-state index in [2.05, 4.69) is 0 Å². The average molecular weight is 415 g/mol. The molecule has 1 spiro atoms. The fourth-order valence-electron chi connectivity index (χ4n) is 3.89. The van der Waals surface area contributed by atoms with Crippen molar-refractivity contribution in [1.82, 2.24) is 0 Å². The molecule has 2 aliphatic rings. The van der Waals surface area contributed by atoms with E-state index in [1.165, 1.54) is 23.9 Å². The number of rotatable bonds is 4. The van der Waals surface area contributed by atoms with Gasteiger partial charge in [-0.1, -0.05) is 61.0 Å². The zero-order valence-corrected chi connectivity index (χ0v) is 17.1. The van der Waals surface area contributed by atoms with Crippen molar-refractivity contribution in [3.8, 4) is 0 Å². The summed E-state index contributed by atoms with van der Waals surface area (Å²) in [5, 5.41) is 0. The van der Waals surface area contributed by atoms with Crippen LogP contribution < -0.4 is 0 Å². The van der Waals surface area contributed by atoms with E-state index < -0.39 is 21.4 Å². The smallest absolute Gasteiger partial charge is 0.352 e. The molecule has 0 bridgehead atoms.